The molecule has 0 atom stereocenters. The lowest BCUT2D eigenvalue weighted by Crippen LogP contribution is -2.14. The minimum Gasteiger partial charge on any atom is -0.0619 e. The van der Waals surface area contributed by atoms with Crippen LogP contribution in [-0.4, -0.2) is 0 Å². The lowest BCUT2D eigenvalue weighted by atomic mass is 9.81. The highest BCUT2D eigenvalue weighted by atomic mass is 14.4. The van der Waals surface area contributed by atoms with Crippen LogP contribution >= 0.6 is 0 Å². The summed E-state index contributed by atoms with van der Waals surface area (Å²) in [6, 6.07) is 27.0. The first-order chi connectivity index (χ1) is 12.2. The van der Waals surface area contributed by atoms with Crippen molar-refractivity contribution in [2.45, 2.75) is 19.3 Å². The van der Waals surface area contributed by atoms with E-state index in [0.717, 1.165) is 0 Å². The number of hydrogen-bond acceptors (Lipinski definition) is 0. The Morgan fingerprint density at radius 3 is 2.08 bits per heavy atom. The lowest BCUT2D eigenvalue weighted by Gasteiger charge is -2.21. The quantitative estimate of drug-likeness (QED) is 0.295. The van der Waals surface area contributed by atoms with E-state index in [4.69, 9.17) is 0 Å². The summed E-state index contributed by atoms with van der Waals surface area (Å²) in [5.74, 6) is 0. The molecular formula is C25H18. The molecule has 0 heterocycles. The molecule has 2 aliphatic rings. The highest BCUT2D eigenvalue weighted by Gasteiger charge is 2.38. The predicted octanol–water partition coefficient (Wildman–Crippen LogP) is 6.79. The van der Waals surface area contributed by atoms with Gasteiger partial charge in [0.1, 0.15) is 0 Å². The monoisotopic (exact) mass is 318 g/mol. The first-order valence-corrected chi connectivity index (χ1v) is 8.98. The molecule has 0 fully saturated rings. The van der Waals surface area contributed by atoms with Gasteiger partial charge in [0.05, 0.1) is 0 Å². The van der Waals surface area contributed by atoms with Gasteiger partial charge in [0, 0.05) is 5.41 Å². The normalized spacial score (nSPS) is 15.1. The van der Waals surface area contributed by atoms with Crippen molar-refractivity contribution in [3.05, 3.63) is 83.9 Å². The molecule has 0 radical (unpaired) electrons. The number of benzene rings is 4. The summed E-state index contributed by atoms with van der Waals surface area (Å²) < 4.78 is 0. The van der Waals surface area contributed by atoms with Gasteiger partial charge in [-0.15, -0.1) is 0 Å². The largest absolute Gasteiger partial charge is 0.0619 e. The molecule has 0 heteroatoms. The van der Waals surface area contributed by atoms with Gasteiger partial charge in [-0.05, 0) is 55.3 Å². The second-order valence-electron chi connectivity index (χ2n) is 7.79. The molecule has 4 aromatic carbocycles. The fourth-order valence-electron chi connectivity index (χ4n) is 5.07. The molecule has 0 unspecified atom stereocenters. The van der Waals surface area contributed by atoms with Crippen molar-refractivity contribution in [1.82, 2.24) is 0 Å². The molecule has 118 valence electrons. The fraction of sp³-hybridized carbons (Fsp3) is 0.120. The minimum atomic E-state index is 0.0592. The predicted molar refractivity (Wildman–Crippen MR) is 106 cm³/mol. The summed E-state index contributed by atoms with van der Waals surface area (Å²) in [6.07, 6.45) is 0. The maximum Gasteiger partial charge on any atom is 0.0159 e. The summed E-state index contributed by atoms with van der Waals surface area (Å²) in [7, 11) is 0. The second-order valence-corrected chi connectivity index (χ2v) is 7.79. The fourth-order valence-corrected chi connectivity index (χ4v) is 5.07. The van der Waals surface area contributed by atoms with E-state index in [1.807, 2.05) is 0 Å². The van der Waals surface area contributed by atoms with Crippen molar-refractivity contribution in [3.63, 3.8) is 0 Å². The standard InChI is InChI=1S/C25H18/c1-25(2)20-12-4-3-9-18(20)24-21(25)14-13-17-16-10-5-7-15-8-6-11-19(22(15)16)23(17)24/h3-14H,1-2H3. The zero-order chi connectivity index (χ0) is 16.8. The Balaban J connectivity index is 1.83. The first-order valence-electron chi connectivity index (χ1n) is 8.98. The molecule has 0 aromatic heterocycles. The van der Waals surface area contributed by atoms with Crippen LogP contribution in [0.3, 0.4) is 0 Å². The van der Waals surface area contributed by atoms with Crippen LogP contribution in [0.25, 0.3) is 44.2 Å². The van der Waals surface area contributed by atoms with Crippen LogP contribution in [0.15, 0.2) is 72.8 Å². The van der Waals surface area contributed by atoms with Gasteiger partial charge in [-0.3, -0.25) is 0 Å². The maximum absolute atomic E-state index is 2.36. The van der Waals surface area contributed by atoms with Gasteiger partial charge in [-0.25, -0.2) is 0 Å². The topological polar surface area (TPSA) is 0 Å². The van der Waals surface area contributed by atoms with Gasteiger partial charge < -0.3 is 0 Å². The number of rotatable bonds is 0. The van der Waals surface area contributed by atoms with Crippen molar-refractivity contribution < 1.29 is 0 Å². The summed E-state index contributed by atoms with van der Waals surface area (Å²) in [6.45, 7) is 4.71. The van der Waals surface area contributed by atoms with Crippen molar-refractivity contribution in [2.24, 2.45) is 0 Å². The molecule has 0 spiro atoms. The molecule has 25 heavy (non-hydrogen) atoms. The molecule has 6 rings (SSSR count). The molecule has 0 aliphatic heterocycles. The second kappa shape index (κ2) is 4.21. The Morgan fingerprint density at radius 2 is 1.24 bits per heavy atom. The molecule has 0 saturated carbocycles. The third-order valence-electron chi connectivity index (χ3n) is 6.21. The van der Waals surface area contributed by atoms with Crippen LogP contribution in [-0.2, 0) is 5.41 Å². The van der Waals surface area contributed by atoms with Crippen LogP contribution in [0.5, 0.6) is 0 Å². The Bertz CT molecular complexity index is 1200. The van der Waals surface area contributed by atoms with Crippen LogP contribution in [0.1, 0.15) is 25.0 Å². The Hall–Kier alpha value is -2.86. The minimum absolute atomic E-state index is 0.0592. The van der Waals surface area contributed by atoms with Crippen LogP contribution in [0.4, 0.5) is 0 Å². The van der Waals surface area contributed by atoms with Crippen LogP contribution in [0, 0.1) is 0 Å². The van der Waals surface area contributed by atoms with Crippen LogP contribution < -0.4 is 0 Å². The van der Waals surface area contributed by atoms with Crippen molar-refractivity contribution >= 4 is 10.8 Å². The van der Waals surface area contributed by atoms with E-state index in [1.54, 1.807) is 0 Å². The van der Waals surface area contributed by atoms with Gasteiger partial charge in [0.15, 0.2) is 0 Å². The Labute approximate surface area is 147 Å². The summed E-state index contributed by atoms with van der Waals surface area (Å²) in [5.41, 5.74) is 11.4. The molecule has 0 bridgehead atoms. The van der Waals surface area contributed by atoms with E-state index in [0.29, 0.717) is 0 Å². The third kappa shape index (κ3) is 1.45. The molecule has 0 amide bonds. The van der Waals surface area contributed by atoms with Gasteiger partial charge in [-0.1, -0.05) is 86.6 Å². The maximum atomic E-state index is 2.36. The average molecular weight is 318 g/mol. The number of hydrogen-bond donors (Lipinski definition) is 0. The molecule has 0 N–H and O–H groups in total. The smallest absolute Gasteiger partial charge is 0.0159 e. The SMILES string of the molecule is CC1(C)c2ccccc2-c2c1ccc1c2-c2cccc3cccc-1c23. The highest BCUT2D eigenvalue weighted by molar-refractivity contribution is 6.19. The van der Waals surface area contributed by atoms with Crippen molar-refractivity contribution in [2.75, 3.05) is 0 Å². The Kier molecular flexibility index (Phi) is 2.26. The van der Waals surface area contributed by atoms with Crippen LogP contribution in [0.2, 0.25) is 0 Å². The lowest BCUT2D eigenvalue weighted by molar-refractivity contribution is 0.660. The molecule has 0 saturated heterocycles. The molecule has 4 aromatic rings. The number of fused-ring (bicyclic) bond motifs is 7. The van der Waals surface area contributed by atoms with E-state index in [1.165, 1.54) is 55.3 Å². The molecular weight excluding hydrogens is 300 g/mol. The van der Waals surface area contributed by atoms with Gasteiger partial charge in [0.2, 0.25) is 0 Å². The molecule has 2 aliphatic carbocycles. The van der Waals surface area contributed by atoms with Crippen molar-refractivity contribution in [3.8, 4) is 33.4 Å². The summed E-state index contributed by atoms with van der Waals surface area (Å²) in [4.78, 5) is 0. The zero-order valence-corrected chi connectivity index (χ0v) is 14.4. The summed E-state index contributed by atoms with van der Waals surface area (Å²) >= 11 is 0. The van der Waals surface area contributed by atoms with Gasteiger partial charge in [-0.2, -0.15) is 0 Å². The Morgan fingerprint density at radius 1 is 0.520 bits per heavy atom. The summed E-state index contributed by atoms with van der Waals surface area (Å²) in [5, 5.41) is 2.75. The van der Waals surface area contributed by atoms with Crippen molar-refractivity contribution in [1.29, 1.82) is 0 Å². The molecule has 0 nitrogen and oxygen atoms in total. The van der Waals surface area contributed by atoms with E-state index in [9.17, 15) is 0 Å². The van der Waals surface area contributed by atoms with E-state index < -0.39 is 0 Å². The van der Waals surface area contributed by atoms with Gasteiger partial charge >= 0.3 is 0 Å². The highest BCUT2D eigenvalue weighted by Crippen LogP contribution is 2.58. The zero-order valence-electron chi connectivity index (χ0n) is 14.4. The third-order valence-corrected chi connectivity index (χ3v) is 6.21. The van der Waals surface area contributed by atoms with Gasteiger partial charge in [0.25, 0.3) is 0 Å². The van der Waals surface area contributed by atoms with E-state index in [-0.39, 0.29) is 5.41 Å². The van der Waals surface area contributed by atoms with E-state index in [2.05, 4.69) is 86.6 Å². The van der Waals surface area contributed by atoms with E-state index >= 15 is 0 Å². The first kappa shape index (κ1) is 13.4. The average Bonchev–Trinajstić information content (AvgIpc) is 3.09.